The Balaban J connectivity index is 1.43. The first-order valence-corrected chi connectivity index (χ1v) is 14.6. The number of para-hydroxylation sites is 2. The van der Waals surface area contributed by atoms with Crippen LogP contribution in [0.5, 0.6) is 0 Å². The molecule has 7 aromatic carbocycles. The van der Waals surface area contributed by atoms with Crippen molar-refractivity contribution in [2.75, 3.05) is 0 Å². The number of hydrogen-bond donors (Lipinski definition) is 0. The van der Waals surface area contributed by atoms with Gasteiger partial charge in [0, 0.05) is 16.2 Å². The van der Waals surface area contributed by atoms with Gasteiger partial charge in [-0.05, 0) is 57.0 Å². The number of hydrogen-bond acceptors (Lipinski definition) is 0. The first kappa shape index (κ1) is 23.3. The molecule has 0 aliphatic heterocycles. The molecule has 0 spiro atoms. The lowest BCUT2D eigenvalue weighted by Gasteiger charge is -2.34. The number of benzene rings is 7. The third-order valence-electron chi connectivity index (χ3n) is 9.28. The highest BCUT2D eigenvalue weighted by atomic mass is 15.0. The van der Waals surface area contributed by atoms with E-state index in [0.29, 0.717) is 0 Å². The van der Waals surface area contributed by atoms with Crippen molar-refractivity contribution in [3.05, 3.63) is 186 Å². The van der Waals surface area contributed by atoms with Crippen molar-refractivity contribution in [2.24, 2.45) is 0 Å². The molecule has 0 N–H and O–H groups in total. The van der Waals surface area contributed by atoms with E-state index in [1.54, 1.807) is 0 Å². The van der Waals surface area contributed by atoms with Crippen molar-refractivity contribution in [3.63, 3.8) is 0 Å². The summed E-state index contributed by atoms with van der Waals surface area (Å²) >= 11 is 0. The highest BCUT2D eigenvalue weighted by molar-refractivity contribution is 6.12. The van der Waals surface area contributed by atoms with Crippen LogP contribution in [0.1, 0.15) is 22.3 Å². The van der Waals surface area contributed by atoms with E-state index in [-0.39, 0.29) is 0 Å². The van der Waals surface area contributed by atoms with Crippen LogP contribution in [0.4, 0.5) is 0 Å². The molecule has 196 valence electrons. The van der Waals surface area contributed by atoms with Crippen LogP contribution in [-0.2, 0) is 5.41 Å². The molecule has 8 aromatic rings. The fraction of sp³-hybridized carbons (Fsp3) is 0.0244. The van der Waals surface area contributed by atoms with E-state index in [1.165, 1.54) is 71.6 Å². The highest BCUT2D eigenvalue weighted by Gasteiger charge is 2.46. The minimum atomic E-state index is -0.397. The number of rotatable bonds is 3. The summed E-state index contributed by atoms with van der Waals surface area (Å²) in [5, 5.41) is 5.11. The summed E-state index contributed by atoms with van der Waals surface area (Å²) in [7, 11) is 0. The summed E-state index contributed by atoms with van der Waals surface area (Å²) in [5.74, 6) is 0. The Morgan fingerprint density at radius 1 is 0.357 bits per heavy atom. The normalized spacial score (nSPS) is 13.4. The second kappa shape index (κ2) is 8.80. The van der Waals surface area contributed by atoms with Gasteiger partial charge in [-0.2, -0.15) is 0 Å². The van der Waals surface area contributed by atoms with Gasteiger partial charge in [-0.3, -0.25) is 0 Å². The summed E-state index contributed by atoms with van der Waals surface area (Å²) in [6.45, 7) is 0. The molecular formula is C41H27N. The lowest BCUT2D eigenvalue weighted by molar-refractivity contribution is 0.769. The van der Waals surface area contributed by atoms with Gasteiger partial charge < -0.3 is 4.57 Å². The Bertz CT molecular complexity index is 2200. The molecule has 1 heteroatoms. The molecule has 1 heterocycles. The topological polar surface area (TPSA) is 4.93 Å². The summed E-state index contributed by atoms with van der Waals surface area (Å²) in [5.41, 5.74) is 11.2. The average molecular weight is 534 g/mol. The first-order valence-electron chi connectivity index (χ1n) is 14.6. The average Bonchev–Trinajstić information content (AvgIpc) is 3.56. The number of fused-ring (bicyclic) bond motifs is 8. The van der Waals surface area contributed by atoms with Crippen LogP contribution in [0.3, 0.4) is 0 Å². The molecule has 0 radical (unpaired) electrons. The maximum Gasteiger partial charge on any atom is 0.0713 e. The van der Waals surface area contributed by atoms with E-state index in [4.69, 9.17) is 0 Å². The first-order chi connectivity index (χ1) is 20.9. The predicted molar refractivity (Wildman–Crippen MR) is 176 cm³/mol. The van der Waals surface area contributed by atoms with Crippen LogP contribution in [-0.4, -0.2) is 4.57 Å². The van der Waals surface area contributed by atoms with Crippen molar-refractivity contribution in [1.82, 2.24) is 4.57 Å². The minimum absolute atomic E-state index is 0.397. The molecule has 0 unspecified atom stereocenters. The van der Waals surface area contributed by atoms with Gasteiger partial charge in [0.05, 0.1) is 22.1 Å². The van der Waals surface area contributed by atoms with E-state index in [1.807, 2.05) is 0 Å². The molecule has 1 nitrogen and oxygen atoms in total. The Morgan fingerprint density at radius 2 is 0.905 bits per heavy atom. The van der Waals surface area contributed by atoms with Crippen molar-refractivity contribution >= 4 is 32.6 Å². The third-order valence-corrected chi connectivity index (χ3v) is 9.28. The van der Waals surface area contributed by atoms with Gasteiger partial charge in [-0.1, -0.05) is 146 Å². The van der Waals surface area contributed by atoms with Gasteiger partial charge in [-0.25, -0.2) is 0 Å². The molecule has 1 aliphatic carbocycles. The van der Waals surface area contributed by atoms with Crippen LogP contribution in [0.25, 0.3) is 49.4 Å². The Kier molecular flexibility index (Phi) is 4.88. The summed E-state index contributed by atoms with van der Waals surface area (Å²) in [6.07, 6.45) is 0. The monoisotopic (exact) mass is 533 g/mol. The smallest absolute Gasteiger partial charge is 0.0713 e. The van der Waals surface area contributed by atoms with E-state index < -0.39 is 5.41 Å². The molecule has 0 saturated carbocycles. The van der Waals surface area contributed by atoms with Crippen molar-refractivity contribution < 1.29 is 0 Å². The molecule has 0 saturated heterocycles. The van der Waals surface area contributed by atoms with Crippen LogP contribution < -0.4 is 0 Å². The maximum absolute atomic E-state index is 2.45. The number of aromatic nitrogens is 1. The van der Waals surface area contributed by atoms with Crippen LogP contribution >= 0.6 is 0 Å². The summed E-state index contributed by atoms with van der Waals surface area (Å²) in [4.78, 5) is 0. The van der Waals surface area contributed by atoms with Crippen molar-refractivity contribution in [3.8, 4) is 16.8 Å². The van der Waals surface area contributed by atoms with Crippen LogP contribution in [0.15, 0.2) is 164 Å². The predicted octanol–water partition coefficient (Wildman–Crippen LogP) is 10.3. The SMILES string of the molecule is c1ccc(C2(c3ccccc3)c3ccccc3-c3c2ccc2c(-n4c5ccccc5c5ccccc54)cccc32)cc1. The lowest BCUT2D eigenvalue weighted by atomic mass is 9.67. The van der Waals surface area contributed by atoms with Crippen LogP contribution in [0.2, 0.25) is 0 Å². The van der Waals surface area contributed by atoms with E-state index in [9.17, 15) is 0 Å². The largest absolute Gasteiger partial charge is 0.309 e. The Hall–Kier alpha value is -5.40. The zero-order valence-electron chi connectivity index (χ0n) is 23.0. The number of nitrogens with zero attached hydrogens (tertiary/aromatic N) is 1. The molecule has 0 bridgehead atoms. The second-order valence-corrected chi connectivity index (χ2v) is 11.3. The fourth-order valence-corrected chi connectivity index (χ4v) is 7.66. The quantitative estimate of drug-likeness (QED) is 0.213. The molecule has 0 fully saturated rings. The Morgan fingerprint density at radius 3 is 1.57 bits per heavy atom. The summed E-state index contributed by atoms with van der Waals surface area (Å²) in [6, 6.07) is 60.2. The molecule has 0 atom stereocenters. The molecule has 9 rings (SSSR count). The van der Waals surface area contributed by atoms with Gasteiger partial charge in [0.1, 0.15) is 0 Å². The standard InChI is InChI=1S/C41H27N/c1-3-14-28(15-4-1)41(29-16-5-2-6-17-29)35-22-10-7-20-34(35)40-33-21-13-25-39(32(33)26-27-36(40)41)42-37-23-11-8-18-30(37)31-19-9-12-24-38(31)42/h1-27H. The van der Waals surface area contributed by atoms with E-state index in [0.717, 1.165) is 0 Å². The van der Waals surface area contributed by atoms with Crippen molar-refractivity contribution in [1.29, 1.82) is 0 Å². The zero-order valence-corrected chi connectivity index (χ0v) is 23.0. The minimum Gasteiger partial charge on any atom is -0.309 e. The lowest BCUT2D eigenvalue weighted by Crippen LogP contribution is -2.28. The van der Waals surface area contributed by atoms with E-state index in [2.05, 4.69) is 168 Å². The maximum atomic E-state index is 2.45. The van der Waals surface area contributed by atoms with Gasteiger partial charge >= 0.3 is 0 Å². The van der Waals surface area contributed by atoms with E-state index >= 15 is 0 Å². The fourth-order valence-electron chi connectivity index (χ4n) is 7.66. The van der Waals surface area contributed by atoms with Gasteiger partial charge in [-0.15, -0.1) is 0 Å². The summed E-state index contributed by atoms with van der Waals surface area (Å²) < 4.78 is 2.45. The van der Waals surface area contributed by atoms with Crippen LogP contribution in [0, 0.1) is 0 Å². The highest BCUT2D eigenvalue weighted by Crippen LogP contribution is 2.58. The second-order valence-electron chi connectivity index (χ2n) is 11.3. The zero-order chi connectivity index (χ0) is 27.7. The molecule has 1 aromatic heterocycles. The Labute approximate surface area is 244 Å². The molecule has 0 amide bonds. The van der Waals surface area contributed by atoms with Gasteiger partial charge in [0.25, 0.3) is 0 Å². The molecule has 1 aliphatic rings. The van der Waals surface area contributed by atoms with Gasteiger partial charge in [0.15, 0.2) is 0 Å². The molecular weight excluding hydrogens is 506 g/mol. The molecule has 42 heavy (non-hydrogen) atoms. The van der Waals surface area contributed by atoms with Crippen molar-refractivity contribution in [2.45, 2.75) is 5.41 Å². The van der Waals surface area contributed by atoms with Gasteiger partial charge in [0.2, 0.25) is 0 Å². The third kappa shape index (κ3) is 2.97.